The Bertz CT molecular complexity index is 4900. The highest BCUT2D eigenvalue weighted by Gasteiger charge is 2.27. The predicted octanol–water partition coefficient (Wildman–Crippen LogP) is 29.1. The van der Waals surface area contributed by atoms with Gasteiger partial charge in [0.1, 0.15) is 70.4 Å². The SMILES string of the molecule is CCCCCCC(=C(C#N)C#N)c1ccc(-c2ccc(-c3ccc(-c4ccc(N(c5ccc(-c6ccc(-c7ccc(-c8ccc(C(CCCCCC)=C(C#N)C#N)s8)s7)s6)cc5OC)c5ccc(-c6ccc(-c7ccc(-c8ccc(C(CCCCCC)=C(C#N)C#N)s8)s7)s6)cc5OC)c(OC)c4)s3)s2)s1. The standard InChI is InChI=1S/C87H75N7O3S9/c1-7-10-13-16-19-61(58(49-88)50-89)73-31-37-79(101-73)85-43-40-82(104-85)76-34-28-70(98-76)55-22-25-64(67(46-55)95-4)94(65-26-23-56(47-68(65)96-5)71-29-35-77(99-71)83-41-44-86(105-83)80-38-32-74(102-80)62(59(51-90)52-91)20-17-14-11-8-2)66-27-24-57(48-69(66)97-6)72-30-36-78(100-72)84-42-45-87(106-84)81-39-33-75(103-81)63(60(53-92)54-93)21-18-15-12-9-3/h22-48H,7-21H2,1-6H3. The number of allylic oxidation sites excluding steroid dienone is 6. The van der Waals surface area contributed by atoms with E-state index in [1.165, 1.54) is 0 Å². The van der Waals surface area contributed by atoms with Crippen LogP contribution < -0.4 is 19.1 Å². The maximum absolute atomic E-state index is 9.90. The number of nitrogens with zero attached hydrogens (tertiary/aromatic N) is 7. The number of anilines is 3. The number of methoxy groups -OCH3 is 3. The van der Waals surface area contributed by atoms with Crippen LogP contribution in [0.15, 0.2) is 181 Å². The average molecular weight is 1560 g/mol. The van der Waals surface area contributed by atoms with Crippen molar-refractivity contribution in [1.82, 2.24) is 0 Å². The minimum absolute atomic E-state index is 0.198. The van der Waals surface area contributed by atoms with Crippen LogP contribution in [0.5, 0.6) is 17.2 Å². The Morgan fingerprint density at radius 1 is 0.274 bits per heavy atom. The number of benzene rings is 3. The molecule has 12 aromatic rings. The van der Waals surface area contributed by atoms with Crippen LogP contribution in [0.3, 0.4) is 0 Å². The number of unbranched alkanes of at least 4 members (excludes halogenated alkanes) is 9. The maximum atomic E-state index is 9.90. The van der Waals surface area contributed by atoms with Crippen LogP contribution in [-0.4, -0.2) is 21.3 Å². The average Bonchev–Trinajstić information content (AvgIpc) is 1.07. The lowest BCUT2D eigenvalue weighted by Crippen LogP contribution is -2.13. The second kappa shape index (κ2) is 36.5. The Hall–Kier alpha value is -9.68. The molecule has 9 aromatic heterocycles. The molecule has 0 saturated heterocycles. The van der Waals surface area contributed by atoms with Crippen LogP contribution in [0.4, 0.5) is 17.1 Å². The summed E-state index contributed by atoms with van der Waals surface area (Å²) in [6.07, 6.45) is 14.9. The van der Waals surface area contributed by atoms with Crippen molar-refractivity contribution in [3.8, 4) is 144 Å². The molecule has 12 rings (SSSR count). The van der Waals surface area contributed by atoms with Crippen molar-refractivity contribution in [2.75, 3.05) is 26.2 Å². The van der Waals surface area contributed by atoms with Crippen molar-refractivity contribution in [1.29, 1.82) is 31.6 Å². The smallest absolute Gasteiger partial charge is 0.143 e. The summed E-state index contributed by atoms with van der Waals surface area (Å²) in [6.45, 7) is 6.54. The molecule has 0 amide bonds. The molecule has 530 valence electrons. The predicted molar refractivity (Wildman–Crippen MR) is 451 cm³/mol. The fraction of sp³-hybridized carbons (Fsp3) is 0.241. The minimum Gasteiger partial charge on any atom is -0.495 e. The minimum atomic E-state index is 0.198. The summed E-state index contributed by atoms with van der Waals surface area (Å²) in [6, 6.07) is 70.6. The molecule has 0 aliphatic heterocycles. The molecule has 0 aliphatic rings. The lowest BCUT2D eigenvalue weighted by Gasteiger charge is -2.30. The summed E-state index contributed by atoms with van der Waals surface area (Å²) >= 11 is 15.3. The van der Waals surface area contributed by atoms with Crippen LogP contribution in [-0.2, 0) is 0 Å². The summed E-state index contributed by atoms with van der Waals surface area (Å²) < 4.78 is 19.3. The highest BCUT2D eigenvalue weighted by molar-refractivity contribution is 7.29. The van der Waals surface area contributed by atoms with Gasteiger partial charge in [-0.3, -0.25) is 4.90 Å². The summed E-state index contributed by atoms with van der Waals surface area (Å²) in [5.41, 5.74) is 8.42. The van der Waals surface area contributed by atoms with E-state index in [1.54, 1.807) is 123 Å². The normalized spacial score (nSPS) is 10.9. The number of hydrogen-bond donors (Lipinski definition) is 0. The lowest BCUT2D eigenvalue weighted by molar-refractivity contribution is 0.410. The van der Waals surface area contributed by atoms with E-state index in [-0.39, 0.29) is 16.7 Å². The summed E-state index contributed by atoms with van der Waals surface area (Å²) in [7, 11) is 5.13. The van der Waals surface area contributed by atoms with Crippen molar-refractivity contribution in [3.63, 3.8) is 0 Å². The van der Waals surface area contributed by atoms with Gasteiger partial charge in [0.15, 0.2) is 0 Å². The second-order valence-corrected chi connectivity index (χ2v) is 34.9. The molecule has 0 fully saturated rings. The third-order valence-electron chi connectivity index (χ3n) is 18.3. The Balaban J connectivity index is 0.851. The van der Waals surface area contributed by atoms with E-state index in [9.17, 15) is 31.6 Å². The van der Waals surface area contributed by atoms with Crippen molar-refractivity contribution >= 4 is 136 Å². The van der Waals surface area contributed by atoms with Gasteiger partial charge in [-0.1, -0.05) is 96.8 Å². The fourth-order valence-corrected chi connectivity index (χ4v) is 22.6. The van der Waals surface area contributed by atoms with Crippen molar-refractivity contribution in [2.24, 2.45) is 0 Å². The van der Waals surface area contributed by atoms with Gasteiger partial charge in [-0.2, -0.15) is 31.6 Å². The highest BCUT2D eigenvalue weighted by Crippen LogP contribution is 2.53. The van der Waals surface area contributed by atoms with Crippen molar-refractivity contribution < 1.29 is 14.2 Å². The fourth-order valence-electron chi connectivity index (χ4n) is 12.8. The molecule has 0 radical (unpaired) electrons. The van der Waals surface area contributed by atoms with Gasteiger partial charge in [-0.25, -0.2) is 0 Å². The molecule has 0 saturated carbocycles. The van der Waals surface area contributed by atoms with E-state index < -0.39 is 0 Å². The largest absolute Gasteiger partial charge is 0.495 e. The van der Waals surface area contributed by atoms with E-state index in [0.29, 0.717) is 36.5 Å². The first kappa shape index (κ1) is 76.0. The Morgan fingerprint density at radius 2 is 0.491 bits per heavy atom. The first-order chi connectivity index (χ1) is 52.0. The molecule has 0 unspecified atom stereocenters. The Labute approximate surface area is 657 Å². The molecule has 0 spiro atoms. The van der Waals surface area contributed by atoms with Gasteiger partial charge < -0.3 is 14.2 Å². The highest BCUT2D eigenvalue weighted by atomic mass is 32.1. The van der Waals surface area contributed by atoms with E-state index in [2.05, 4.69) is 226 Å². The van der Waals surface area contributed by atoms with Crippen molar-refractivity contribution in [3.05, 3.63) is 195 Å². The quantitative estimate of drug-likeness (QED) is 0.0284. The monoisotopic (exact) mass is 1550 g/mol. The first-order valence-corrected chi connectivity index (χ1v) is 42.7. The first-order valence-electron chi connectivity index (χ1n) is 35.4. The zero-order chi connectivity index (χ0) is 74.1. The van der Waals surface area contributed by atoms with Gasteiger partial charge in [0.2, 0.25) is 0 Å². The lowest BCUT2D eigenvalue weighted by atomic mass is 10.0. The molecule has 19 heteroatoms. The molecule has 0 N–H and O–H groups in total. The molecule has 0 bridgehead atoms. The zero-order valence-corrected chi connectivity index (χ0v) is 67.1. The number of rotatable bonds is 33. The van der Waals surface area contributed by atoms with Crippen LogP contribution in [0.1, 0.15) is 132 Å². The molecule has 0 aliphatic carbocycles. The van der Waals surface area contributed by atoms with E-state index in [0.717, 1.165) is 215 Å². The zero-order valence-electron chi connectivity index (χ0n) is 59.7. The molecular weight excluding hydrogens is 1480 g/mol. The number of hydrogen-bond acceptors (Lipinski definition) is 19. The van der Waals surface area contributed by atoms with Crippen LogP contribution in [0, 0.1) is 68.0 Å². The number of ether oxygens (including phenoxy) is 3. The van der Waals surface area contributed by atoms with E-state index >= 15 is 0 Å². The maximum Gasteiger partial charge on any atom is 0.143 e. The molecule has 10 nitrogen and oxygen atoms in total. The topological polar surface area (TPSA) is 174 Å². The Morgan fingerprint density at radius 3 is 0.717 bits per heavy atom. The molecular formula is C87H75N7O3S9. The van der Waals surface area contributed by atoms with Gasteiger partial charge in [0.25, 0.3) is 0 Å². The summed E-state index contributed by atoms with van der Waals surface area (Å²) in [5, 5.41) is 59.4. The summed E-state index contributed by atoms with van der Waals surface area (Å²) in [4.78, 5) is 21.9. The third-order valence-corrected chi connectivity index (χ3v) is 29.6. The Kier molecular flexibility index (Phi) is 26.2. The number of nitriles is 6. The molecule has 9 heterocycles. The van der Waals surface area contributed by atoms with Gasteiger partial charge in [0.05, 0.1) is 38.4 Å². The van der Waals surface area contributed by atoms with E-state index in [1.807, 2.05) is 0 Å². The van der Waals surface area contributed by atoms with Gasteiger partial charge in [-0.15, -0.1) is 102 Å². The van der Waals surface area contributed by atoms with Gasteiger partial charge in [-0.05, 0) is 218 Å². The van der Waals surface area contributed by atoms with Crippen LogP contribution in [0.2, 0.25) is 0 Å². The van der Waals surface area contributed by atoms with Crippen molar-refractivity contribution in [2.45, 2.75) is 117 Å². The van der Waals surface area contributed by atoms with Gasteiger partial charge in [0, 0.05) is 87.8 Å². The second-order valence-electron chi connectivity index (χ2n) is 25.1. The van der Waals surface area contributed by atoms with Crippen LogP contribution in [0.25, 0.3) is 107 Å². The van der Waals surface area contributed by atoms with Gasteiger partial charge >= 0.3 is 0 Å². The number of thiophene rings is 9. The summed E-state index contributed by atoms with van der Waals surface area (Å²) in [5.74, 6) is 1.92. The van der Waals surface area contributed by atoms with E-state index in [4.69, 9.17) is 14.2 Å². The molecule has 0 atom stereocenters. The molecule has 3 aromatic carbocycles. The van der Waals surface area contributed by atoms with Crippen LogP contribution >= 0.6 is 102 Å². The third kappa shape index (κ3) is 17.2. The molecule has 106 heavy (non-hydrogen) atoms.